The van der Waals surface area contributed by atoms with Crippen molar-refractivity contribution in [3.05, 3.63) is 35.6 Å². The van der Waals surface area contributed by atoms with Crippen LogP contribution in [-0.4, -0.2) is 55.1 Å². The molecule has 1 heterocycles. The van der Waals surface area contributed by atoms with Crippen molar-refractivity contribution >= 4 is 0 Å². The summed E-state index contributed by atoms with van der Waals surface area (Å²) in [5, 5.41) is 10.3. The van der Waals surface area contributed by atoms with Gasteiger partial charge in [0, 0.05) is 38.4 Å². The van der Waals surface area contributed by atoms with Crippen LogP contribution in [0, 0.1) is 11.7 Å². The Kier molecular flexibility index (Phi) is 8.12. The first-order chi connectivity index (χ1) is 11.5. The van der Waals surface area contributed by atoms with Crippen LogP contribution < -0.4 is 0 Å². The van der Waals surface area contributed by atoms with Crippen molar-refractivity contribution in [2.75, 3.05) is 32.9 Å². The SMILES string of the molecule is CC(C)COCC(O)CN(Cc1ccccc1F)CC1CCCO1. The van der Waals surface area contributed by atoms with E-state index in [0.29, 0.717) is 44.3 Å². The second kappa shape index (κ2) is 10.1. The number of aliphatic hydroxyl groups excluding tert-OH is 1. The first-order valence-electron chi connectivity index (χ1n) is 8.87. The molecule has 2 rings (SSSR count). The Morgan fingerprint density at radius 2 is 2.12 bits per heavy atom. The Morgan fingerprint density at radius 3 is 2.79 bits per heavy atom. The van der Waals surface area contributed by atoms with Gasteiger partial charge in [-0.2, -0.15) is 0 Å². The van der Waals surface area contributed by atoms with E-state index in [-0.39, 0.29) is 11.9 Å². The van der Waals surface area contributed by atoms with E-state index in [1.54, 1.807) is 12.1 Å². The first kappa shape index (κ1) is 19.3. The molecule has 1 saturated heterocycles. The van der Waals surface area contributed by atoms with E-state index >= 15 is 0 Å². The fourth-order valence-electron chi connectivity index (χ4n) is 2.94. The molecule has 1 aliphatic heterocycles. The van der Waals surface area contributed by atoms with Crippen molar-refractivity contribution < 1.29 is 19.0 Å². The molecule has 0 amide bonds. The van der Waals surface area contributed by atoms with Gasteiger partial charge in [-0.1, -0.05) is 32.0 Å². The van der Waals surface area contributed by atoms with Crippen LogP contribution in [0.25, 0.3) is 0 Å². The number of rotatable bonds is 10. The van der Waals surface area contributed by atoms with Crippen LogP contribution >= 0.6 is 0 Å². The summed E-state index contributed by atoms with van der Waals surface area (Å²) in [6, 6.07) is 6.80. The molecule has 0 spiro atoms. The van der Waals surface area contributed by atoms with Crippen molar-refractivity contribution in [2.45, 2.75) is 45.4 Å². The van der Waals surface area contributed by atoms with Gasteiger partial charge in [-0.05, 0) is 24.8 Å². The minimum Gasteiger partial charge on any atom is -0.389 e. The highest BCUT2D eigenvalue weighted by Gasteiger charge is 2.22. The maximum absolute atomic E-state index is 13.9. The maximum atomic E-state index is 13.9. The van der Waals surface area contributed by atoms with Gasteiger partial charge in [-0.15, -0.1) is 0 Å². The minimum atomic E-state index is -0.586. The van der Waals surface area contributed by atoms with Gasteiger partial charge in [0.1, 0.15) is 5.82 Å². The fourth-order valence-corrected chi connectivity index (χ4v) is 2.94. The minimum absolute atomic E-state index is 0.167. The fraction of sp³-hybridized carbons (Fsp3) is 0.684. The Hall–Kier alpha value is -1.01. The van der Waals surface area contributed by atoms with Crippen LogP contribution in [0.3, 0.4) is 0 Å². The lowest BCUT2D eigenvalue weighted by Gasteiger charge is -2.27. The third kappa shape index (κ3) is 6.85. The van der Waals surface area contributed by atoms with Crippen LogP contribution in [0.5, 0.6) is 0 Å². The van der Waals surface area contributed by atoms with Crippen LogP contribution in [0.15, 0.2) is 24.3 Å². The quantitative estimate of drug-likeness (QED) is 0.712. The van der Waals surface area contributed by atoms with Gasteiger partial charge in [-0.25, -0.2) is 4.39 Å². The lowest BCUT2D eigenvalue weighted by Crippen LogP contribution is -2.39. The van der Waals surface area contributed by atoms with Crippen LogP contribution in [0.4, 0.5) is 4.39 Å². The molecule has 0 saturated carbocycles. The predicted octanol–water partition coefficient (Wildman–Crippen LogP) is 2.84. The average Bonchev–Trinajstić information content (AvgIpc) is 3.02. The van der Waals surface area contributed by atoms with Crippen molar-refractivity contribution in [2.24, 2.45) is 5.92 Å². The topological polar surface area (TPSA) is 41.9 Å². The second-order valence-corrected chi connectivity index (χ2v) is 7.01. The standard InChI is InChI=1S/C19H30FNO3/c1-15(2)13-23-14-17(22)11-21(12-18-7-5-9-24-18)10-16-6-3-4-8-19(16)20/h3-4,6,8,15,17-18,22H,5,7,9-14H2,1-2H3. The molecule has 0 aliphatic carbocycles. The zero-order valence-corrected chi connectivity index (χ0v) is 14.8. The van der Waals surface area contributed by atoms with Gasteiger partial charge >= 0.3 is 0 Å². The van der Waals surface area contributed by atoms with Crippen molar-refractivity contribution in [1.82, 2.24) is 4.90 Å². The predicted molar refractivity (Wildman–Crippen MR) is 92.3 cm³/mol. The summed E-state index contributed by atoms with van der Waals surface area (Å²) in [5.74, 6) is 0.235. The summed E-state index contributed by atoms with van der Waals surface area (Å²) in [4.78, 5) is 2.07. The Bertz CT molecular complexity index is 477. The molecule has 1 N–H and O–H groups in total. The van der Waals surface area contributed by atoms with Gasteiger partial charge in [-0.3, -0.25) is 4.90 Å². The van der Waals surface area contributed by atoms with Gasteiger partial charge in [0.2, 0.25) is 0 Å². The molecule has 1 aliphatic rings. The van der Waals surface area contributed by atoms with Crippen LogP contribution in [-0.2, 0) is 16.0 Å². The molecule has 5 heteroatoms. The largest absolute Gasteiger partial charge is 0.389 e. The third-order valence-corrected chi connectivity index (χ3v) is 4.07. The van der Waals surface area contributed by atoms with Crippen LogP contribution in [0.1, 0.15) is 32.3 Å². The van der Waals surface area contributed by atoms with E-state index in [1.165, 1.54) is 6.07 Å². The molecule has 0 bridgehead atoms. The summed E-state index contributed by atoms with van der Waals surface area (Å²) in [6.07, 6.45) is 1.67. The highest BCUT2D eigenvalue weighted by atomic mass is 19.1. The Labute approximate surface area is 144 Å². The van der Waals surface area contributed by atoms with Crippen molar-refractivity contribution in [3.63, 3.8) is 0 Å². The smallest absolute Gasteiger partial charge is 0.127 e. The van der Waals surface area contributed by atoms with Crippen LogP contribution in [0.2, 0.25) is 0 Å². The molecule has 2 atom stereocenters. The second-order valence-electron chi connectivity index (χ2n) is 7.01. The molecule has 136 valence electrons. The van der Waals surface area contributed by atoms with E-state index in [2.05, 4.69) is 18.7 Å². The molecular weight excluding hydrogens is 309 g/mol. The number of ether oxygens (including phenoxy) is 2. The normalized spacial score (nSPS) is 19.3. The average molecular weight is 339 g/mol. The molecule has 0 aromatic heterocycles. The highest BCUT2D eigenvalue weighted by molar-refractivity contribution is 5.17. The van der Waals surface area contributed by atoms with E-state index in [9.17, 15) is 9.50 Å². The molecule has 2 unspecified atom stereocenters. The summed E-state index contributed by atoms with van der Waals surface area (Å²) in [5.41, 5.74) is 0.644. The number of hydrogen-bond acceptors (Lipinski definition) is 4. The zero-order chi connectivity index (χ0) is 17.4. The Morgan fingerprint density at radius 1 is 1.33 bits per heavy atom. The number of halogens is 1. The lowest BCUT2D eigenvalue weighted by atomic mass is 10.1. The monoisotopic (exact) mass is 339 g/mol. The van der Waals surface area contributed by atoms with E-state index in [1.807, 2.05) is 6.07 Å². The molecule has 1 aromatic carbocycles. The summed E-state index contributed by atoms with van der Waals surface area (Å²) < 4.78 is 25.2. The highest BCUT2D eigenvalue weighted by Crippen LogP contribution is 2.16. The van der Waals surface area contributed by atoms with E-state index in [0.717, 1.165) is 19.4 Å². The summed E-state index contributed by atoms with van der Waals surface area (Å²) in [7, 11) is 0. The first-order valence-corrected chi connectivity index (χ1v) is 8.87. The maximum Gasteiger partial charge on any atom is 0.127 e. The molecule has 1 fully saturated rings. The summed E-state index contributed by atoms with van der Waals surface area (Å²) >= 11 is 0. The molecule has 4 nitrogen and oxygen atoms in total. The van der Waals surface area contributed by atoms with Gasteiger partial charge in [0.05, 0.1) is 18.8 Å². The number of benzene rings is 1. The summed E-state index contributed by atoms with van der Waals surface area (Å²) in [6.45, 7) is 7.50. The lowest BCUT2D eigenvalue weighted by molar-refractivity contribution is -0.00410. The molecule has 1 aromatic rings. The zero-order valence-electron chi connectivity index (χ0n) is 14.8. The van der Waals surface area contributed by atoms with Crippen molar-refractivity contribution in [1.29, 1.82) is 0 Å². The Balaban J connectivity index is 1.90. The van der Waals surface area contributed by atoms with E-state index < -0.39 is 6.10 Å². The van der Waals surface area contributed by atoms with E-state index in [4.69, 9.17) is 9.47 Å². The molecule has 0 radical (unpaired) electrons. The van der Waals surface area contributed by atoms with Crippen molar-refractivity contribution in [3.8, 4) is 0 Å². The third-order valence-electron chi connectivity index (χ3n) is 4.07. The molecule has 24 heavy (non-hydrogen) atoms. The van der Waals surface area contributed by atoms with Gasteiger partial charge < -0.3 is 14.6 Å². The number of hydrogen-bond donors (Lipinski definition) is 1. The van der Waals surface area contributed by atoms with Gasteiger partial charge in [0.25, 0.3) is 0 Å². The van der Waals surface area contributed by atoms with Gasteiger partial charge in [0.15, 0.2) is 0 Å². The number of nitrogens with zero attached hydrogens (tertiary/aromatic N) is 1. The molecular formula is C19H30FNO3. The number of aliphatic hydroxyl groups is 1.